The highest BCUT2D eigenvalue weighted by Crippen LogP contribution is 2.29. The molecule has 1 saturated heterocycles. The van der Waals surface area contributed by atoms with E-state index in [0.29, 0.717) is 6.61 Å². The Hall–Kier alpha value is -2.63. The van der Waals surface area contributed by atoms with Gasteiger partial charge in [0.2, 0.25) is 0 Å². The topological polar surface area (TPSA) is 48.0 Å². The summed E-state index contributed by atoms with van der Waals surface area (Å²) in [5.74, 6) is 0.598. The highest BCUT2D eigenvalue weighted by Gasteiger charge is 2.46. The minimum atomic E-state index is -0.925. The number of hydrogen-bond donors (Lipinski definition) is 0. The van der Waals surface area contributed by atoms with Gasteiger partial charge in [0, 0.05) is 0 Å². The molecule has 26 heavy (non-hydrogen) atoms. The third kappa shape index (κ3) is 4.12. The van der Waals surface area contributed by atoms with Gasteiger partial charge in [-0.05, 0) is 43.2 Å². The van der Waals surface area contributed by atoms with Gasteiger partial charge < -0.3 is 9.47 Å². The van der Waals surface area contributed by atoms with Gasteiger partial charge in [0.15, 0.2) is 6.23 Å². The molecule has 0 saturated carbocycles. The Labute approximate surface area is 153 Å². The molecule has 1 atom stereocenters. The third-order valence-corrected chi connectivity index (χ3v) is 4.14. The SMILES string of the molecule is COc1ccc(C=CC2OC(C)(C)C(=O)N2OCc2ccccc2)cc1. The van der Waals surface area contributed by atoms with Gasteiger partial charge in [0.05, 0.1) is 7.11 Å². The van der Waals surface area contributed by atoms with E-state index in [4.69, 9.17) is 14.3 Å². The van der Waals surface area contributed by atoms with Gasteiger partial charge in [0.1, 0.15) is 18.0 Å². The molecule has 1 amide bonds. The van der Waals surface area contributed by atoms with Crippen LogP contribution in [0.25, 0.3) is 6.08 Å². The monoisotopic (exact) mass is 353 g/mol. The molecule has 0 bridgehead atoms. The van der Waals surface area contributed by atoms with Crippen LogP contribution in [-0.2, 0) is 21.0 Å². The minimum Gasteiger partial charge on any atom is -0.497 e. The average Bonchev–Trinajstić information content (AvgIpc) is 2.88. The van der Waals surface area contributed by atoms with E-state index >= 15 is 0 Å². The number of ether oxygens (including phenoxy) is 2. The smallest absolute Gasteiger partial charge is 0.280 e. The lowest BCUT2D eigenvalue weighted by molar-refractivity contribution is -0.204. The van der Waals surface area contributed by atoms with Gasteiger partial charge in [0.25, 0.3) is 5.91 Å². The quantitative estimate of drug-likeness (QED) is 0.792. The fraction of sp³-hybridized carbons (Fsp3) is 0.286. The van der Waals surface area contributed by atoms with Crippen LogP contribution in [-0.4, -0.2) is 29.9 Å². The number of methoxy groups -OCH3 is 1. The zero-order valence-corrected chi connectivity index (χ0v) is 15.2. The van der Waals surface area contributed by atoms with Crippen LogP contribution in [0, 0.1) is 0 Å². The second kappa shape index (κ2) is 7.72. The maximum atomic E-state index is 12.6. The van der Waals surface area contributed by atoms with Gasteiger partial charge in [-0.3, -0.25) is 9.63 Å². The molecule has 5 heteroatoms. The molecule has 0 N–H and O–H groups in total. The Morgan fingerprint density at radius 2 is 1.81 bits per heavy atom. The number of hydrogen-bond acceptors (Lipinski definition) is 4. The largest absolute Gasteiger partial charge is 0.497 e. The van der Waals surface area contributed by atoms with E-state index in [1.807, 2.05) is 66.7 Å². The van der Waals surface area contributed by atoms with E-state index in [2.05, 4.69) is 0 Å². The molecule has 136 valence electrons. The summed E-state index contributed by atoms with van der Waals surface area (Å²) in [5.41, 5.74) is 1.04. The Morgan fingerprint density at radius 1 is 1.12 bits per heavy atom. The van der Waals surface area contributed by atoms with E-state index < -0.39 is 11.8 Å². The molecule has 0 aliphatic carbocycles. The lowest BCUT2D eigenvalue weighted by Crippen LogP contribution is -2.37. The molecule has 1 aliphatic rings. The van der Waals surface area contributed by atoms with Crippen molar-refractivity contribution in [2.45, 2.75) is 32.3 Å². The van der Waals surface area contributed by atoms with Crippen molar-refractivity contribution in [1.29, 1.82) is 0 Å². The number of nitrogens with zero attached hydrogens (tertiary/aromatic N) is 1. The average molecular weight is 353 g/mol. The summed E-state index contributed by atoms with van der Waals surface area (Å²) in [4.78, 5) is 18.3. The van der Waals surface area contributed by atoms with E-state index in [-0.39, 0.29) is 5.91 Å². The Bertz CT molecular complexity index is 768. The number of carbonyl (C=O) groups is 1. The minimum absolute atomic E-state index is 0.196. The van der Waals surface area contributed by atoms with Crippen molar-refractivity contribution in [3.05, 3.63) is 71.8 Å². The van der Waals surface area contributed by atoms with Crippen molar-refractivity contribution in [1.82, 2.24) is 5.06 Å². The first-order chi connectivity index (χ1) is 12.5. The molecule has 0 aromatic heterocycles. The van der Waals surface area contributed by atoms with Crippen molar-refractivity contribution >= 4 is 12.0 Å². The molecule has 2 aromatic carbocycles. The fourth-order valence-corrected chi connectivity index (χ4v) is 2.66. The highest BCUT2D eigenvalue weighted by atomic mass is 16.7. The summed E-state index contributed by atoms with van der Waals surface area (Å²) in [6, 6.07) is 17.4. The lowest BCUT2D eigenvalue weighted by Gasteiger charge is -2.19. The number of carbonyl (C=O) groups excluding carboxylic acids is 1. The zero-order chi connectivity index (χ0) is 18.6. The van der Waals surface area contributed by atoms with E-state index in [9.17, 15) is 4.79 Å². The van der Waals surface area contributed by atoms with Gasteiger partial charge >= 0.3 is 0 Å². The molecule has 2 aromatic rings. The predicted octanol–water partition coefficient (Wildman–Crippen LogP) is 3.80. The van der Waals surface area contributed by atoms with Crippen LogP contribution in [0.3, 0.4) is 0 Å². The summed E-state index contributed by atoms with van der Waals surface area (Å²) >= 11 is 0. The maximum absolute atomic E-state index is 12.6. The summed E-state index contributed by atoms with van der Waals surface area (Å²) in [6.45, 7) is 3.80. The van der Waals surface area contributed by atoms with Gasteiger partial charge in [-0.25, -0.2) is 0 Å². The van der Waals surface area contributed by atoms with Crippen LogP contribution < -0.4 is 4.74 Å². The van der Waals surface area contributed by atoms with Crippen LogP contribution in [0.5, 0.6) is 5.75 Å². The van der Waals surface area contributed by atoms with Gasteiger partial charge in [-0.2, -0.15) is 5.06 Å². The summed E-state index contributed by atoms with van der Waals surface area (Å²) in [7, 11) is 1.63. The maximum Gasteiger partial charge on any atom is 0.280 e. The molecule has 1 aliphatic heterocycles. The first-order valence-electron chi connectivity index (χ1n) is 8.50. The lowest BCUT2D eigenvalue weighted by atomic mass is 10.1. The number of amides is 1. The third-order valence-electron chi connectivity index (χ3n) is 4.14. The van der Waals surface area contributed by atoms with Crippen molar-refractivity contribution < 1.29 is 19.1 Å². The molecule has 5 nitrogen and oxygen atoms in total. The molecule has 3 rings (SSSR count). The summed E-state index contributed by atoms with van der Waals surface area (Å²) in [6.07, 6.45) is 3.14. The molecular formula is C21H23NO4. The number of hydroxylamine groups is 2. The van der Waals surface area contributed by atoms with Crippen molar-refractivity contribution in [3.8, 4) is 5.75 Å². The highest BCUT2D eigenvalue weighted by molar-refractivity contribution is 5.85. The second-order valence-electron chi connectivity index (χ2n) is 6.54. The van der Waals surface area contributed by atoms with E-state index in [1.54, 1.807) is 21.0 Å². The molecule has 0 spiro atoms. The summed E-state index contributed by atoms with van der Waals surface area (Å²) in [5, 5.41) is 1.31. The number of benzene rings is 2. The first kappa shape index (κ1) is 18.2. The van der Waals surface area contributed by atoms with Crippen LogP contribution in [0.2, 0.25) is 0 Å². The van der Waals surface area contributed by atoms with Crippen LogP contribution in [0.15, 0.2) is 60.7 Å². The van der Waals surface area contributed by atoms with E-state index in [1.165, 1.54) is 5.06 Å². The van der Waals surface area contributed by atoms with Crippen LogP contribution in [0.1, 0.15) is 25.0 Å². The Morgan fingerprint density at radius 3 is 2.46 bits per heavy atom. The first-order valence-corrected chi connectivity index (χ1v) is 8.50. The standard InChI is InChI=1S/C21H23NO4/c1-21(2)20(23)22(25-15-17-7-5-4-6-8-17)19(26-21)14-11-16-9-12-18(24-3)13-10-16/h4-14,19H,15H2,1-3H3. The fourth-order valence-electron chi connectivity index (χ4n) is 2.66. The second-order valence-corrected chi connectivity index (χ2v) is 6.54. The molecule has 1 unspecified atom stereocenters. The van der Waals surface area contributed by atoms with Crippen molar-refractivity contribution in [2.75, 3.05) is 7.11 Å². The summed E-state index contributed by atoms with van der Waals surface area (Å²) < 4.78 is 11.0. The molecule has 0 radical (unpaired) electrons. The zero-order valence-electron chi connectivity index (χ0n) is 15.2. The molecule has 1 heterocycles. The Kier molecular flexibility index (Phi) is 5.40. The molecular weight excluding hydrogens is 330 g/mol. The Balaban J connectivity index is 1.72. The normalized spacial score (nSPS) is 19.3. The molecule has 1 fully saturated rings. The van der Waals surface area contributed by atoms with Crippen molar-refractivity contribution in [2.24, 2.45) is 0 Å². The van der Waals surface area contributed by atoms with Crippen molar-refractivity contribution in [3.63, 3.8) is 0 Å². The van der Waals surface area contributed by atoms with E-state index in [0.717, 1.165) is 16.9 Å². The van der Waals surface area contributed by atoms with Crippen LogP contribution >= 0.6 is 0 Å². The van der Waals surface area contributed by atoms with Gasteiger partial charge in [-0.15, -0.1) is 0 Å². The predicted molar refractivity (Wildman–Crippen MR) is 99.1 cm³/mol. The number of rotatable bonds is 6. The van der Waals surface area contributed by atoms with Gasteiger partial charge in [-0.1, -0.05) is 48.5 Å². The van der Waals surface area contributed by atoms with Crippen LogP contribution in [0.4, 0.5) is 0 Å².